The van der Waals surface area contributed by atoms with Crippen molar-refractivity contribution in [1.82, 2.24) is 0 Å². The molecule has 0 amide bonds. The molecule has 5 heterocycles. The van der Waals surface area contributed by atoms with Crippen molar-refractivity contribution in [3.05, 3.63) is 507 Å². The zero-order valence-corrected chi connectivity index (χ0v) is 82.4. The first-order valence-corrected chi connectivity index (χ1v) is 47.3. The van der Waals surface area contributed by atoms with Gasteiger partial charge in [-0.05, 0) is 349 Å². The molecule has 0 aliphatic carbocycles. The second kappa shape index (κ2) is 44.7. The van der Waals surface area contributed by atoms with Gasteiger partial charge in [0.25, 0.3) is 0 Å². The molecule has 143 heavy (non-hydrogen) atoms. The lowest BCUT2D eigenvalue weighted by Gasteiger charge is -2.15. The van der Waals surface area contributed by atoms with E-state index in [4.69, 9.17) is 45.2 Å². The number of hydrogen-bond donors (Lipinski definition) is 0. The van der Waals surface area contributed by atoms with Gasteiger partial charge in [0.2, 0.25) is 28.5 Å². The van der Waals surface area contributed by atoms with Crippen LogP contribution in [-0.2, 0) is 35.2 Å². The Morgan fingerprint density at radius 1 is 0.147 bits per heavy atom. The van der Waals surface area contributed by atoms with Gasteiger partial charge in [0.1, 0.15) is 35.2 Å². The van der Waals surface area contributed by atoms with Crippen molar-refractivity contribution in [2.24, 2.45) is 35.2 Å². The first kappa shape index (κ1) is 65.9. The third-order valence-corrected chi connectivity index (χ3v) is 26.1. The van der Waals surface area contributed by atoms with E-state index in [9.17, 15) is 0 Å². The smallest absolute Gasteiger partial charge is 0.201 e. The van der Waals surface area contributed by atoms with Crippen molar-refractivity contribution < 1.29 is 68.1 Å². The zero-order chi connectivity index (χ0) is 128. The van der Waals surface area contributed by atoms with Crippen molar-refractivity contribution in [2.45, 2.75) is 124 Å². The van der Waals surface area contributed by atoms with Gasteiger partial charge >= 0.3 is 0 Å². The van der Waals surface area contributed by atoms with Crippen molar-refractivity contribution in [1.29, 1.82) is 0 Å². The molecule has 0 saturated carbocycles. The summed E-state index contributed by atoms with van der Waals surface area (Å²) < 4.78 is 277. The van der Waals surface area contributed by atoms with E-state index in [2.05, 4.69) is 35.0 Å². The molecule has 0 unspecified atom stereocenters. The van der Waals surface area contributed by atoms with E-state index in [0.29, 0.717) is 78.1 Å². The molecule has 0 saturated heterocycles. The Morgan fingerprint density at radius 3 is 0.839 bits per heavy atom. The normalized spacial score (nSPS) is 15.3. The number of hydrogen-bond acceptors (Lipinski definition) is 0. The molecule has 5 heteroatoms. The van der Waals surface area contributed by atoms with Crippen LogP contribution in [0, 0.1) is 124 Å². The van der Waals surface area contributed by atoms with E-state index >= 15 is 0 Å². The Bertz CT molecular complexity index is 9350. The highest BCUT2D eigenvalue weighted by atomic mass is 14.9. The van der Waals surface area contributed by atoms with Crippen LogP contribution in [0.1, 0.15) is 145 Å². The van der Waals surface area contributed by atoms with Gasteiger partial charge in [-0.2, -0.15) is 0 Å². The highest BCUT2D eigenvalue weighted by Crippen LogP contribution is 2.42. The van der Waals surface area contributed by atoms with Crippen LogP contribution in [0.25, 0.3) is 168 Å². The average molecular weight is 1900 g/mol. The van der Waals surface area contributed by atoms with E-state index < -0.39 is 75.4 Å². The van der Waals surface area contributed by atoms with Gasteiger partial charge in [0, 0.05) is 133 Å². The van der Waals surface area contributed by atoms with Gasteiger partial charge in [-0.3, -0.25) is 0 Å². The molecule has 0 spiro atoms. The van der Waals surface area contributed by atoms with Gasteiger partial charge < -0.3 is 0 Å². The maximum atomic E-state index is 8.26. The van der Waals surface area contributed by atoms with Crippen molar-refractivity contribution in [2.75, 3.05) is 0 Å². The van der Waals surface area contributed by atoms with Gasteiger partial charge in [-0.15, -0.1) is 0 Å². The van der Waals surface area contributed by atoms with Crippen LogP contribution in [-0.4, -0.2) is 0 Å². The number of nitrogens with zero attached hydrogens (tertiary/aromatic N) is 5. The summed E-state index contributed by atoms with van der Waals surface area (Å²) in [6, 6.07) is 116. The van der Waals surface area contributed by atoms with Crippen LogP contribution < -0.4 is 22.8 Å². The third-order valence-electron chi connectivity index (χ3n) is 26.1. The molecule has 0 aliphatic heterocycles. The van der Waals surface area contributed by atoms with E-state index in [1.54, 1.807) is 79.3 Å². The largest absolute Gasteiger partial charge is 0.213 e. The van der Waals surface area contributed by atoms with E-state index in [-0.39, 0.29) is 50.1 Å². The maximum Gasteiger partial charge on any atom is 0.213 e. The number of aryl methyl sites for hydroxylation is 23. The zero-order valence-electron chi connectivity index (χ0n) is 115. The van der Waals surface area contributed by atoms with Crippen LogP contribution in [0.5, 0.6) is 0 Å². The predicted octanol–water partition coefficient (Wildman–Crippen LogP) is 33.1. The molecular formula is C138H136N5+5. The molecule has 708 valence electrons. The topological polar surface area (TPSA) is 19.4 Å². The van der Waals surface area contributed by atoms with E-state index in [0.717, 1.165) is 139 Å². The summed E-state index contributed by atoms with van der Waals surface area (Å²) in [5.41, 5.74) is 29.2. The second-order valence-corrected chi connectivity index (χ2v) is 36.4. The average Bonchev–Trinajstić information content (AvgIpc) is 0.747. The standard InChI is InChI=1S/C29H30N.2C28H28N.C27H26N.C26H24N/c1-19-14-21(3)29(22(4)15-19)27-17-28(30(6)18-23(27)5)26-16-25(13-12-20(26)2)24-10-8-7-9-11-24;1-19-10-9-11-20(2)28(19)24-14-15-29(5)27(17-24)26-18-25(21(3)16-22(26)4)23-12-7-6-8-13-23;1-19-11-12-25(20(2)15-19)24-13-14-29(5)28(17-24)27-18-26(21(3)16-22(27)4)23-9-7-6-8-10-23;1-19-10-8-9-13-24(19)23-14-15-28(4)27(17-23)26-18-25(20(2)16-21(26)3)22-11-6-5-7-12-22;1-19-16-20(2)25(18-24(19)22-12-8-5-9-13-22)26-17-23(14-15-27(26)3)21-10-6-4-7-11-21/h7-18H,1-6H3;2*6-18H,1-5H3;5-18H,1-4H3;4-18H,1-3H3/q5*+1/i3D3,4D3,5D3;1D3,2D3,3D3;2D3,3D3;1D3,2D3;1D3. The molecule has 5 aromatic heterocycles. The van der Waals surface area contributed by atoms with E-state index in [1.807, 2.05) is 363 Å². The lowest BCUT2D eigenvalue weighted by atomic mass is 9.90. The molecule has 0 N–H and O–H groups in total. The minimum atomic E-state index is -2.67. The number of benzene rings is 15. The molecule has 0 bridgehead atoms. The molecular weight excluding hydrogens is 1730 g/mol. The van der Waals surface area contributed by atoms with Crippen LogP contribution in [0.15, 0.2) is 407 Å². The fourth-order valence-corrected chi connectivity index (χ4v) is 18.4. The van der Waals surface area contributed by atoms with Crippen LogP contribution in [0.3, 0.4) is 0 Å². The minimum absolute atomic E-state index is 0.0367. The number of rotatable bonds is 15. The highest BCUT2D eigenvalue weighted by molar-refractivity contribution is 5.86. The summed E-state index contributed by atoms with van der Waals surface area (Å²) in [4.78, 5) is 0. The van der Waals surface area contributed by atoms with Gasteiger partial charge in [0.15, 0.2) is 31.0 Å². The van der Waals surface area contributed by atoms with Crippen molar-refractivity contribution in [3.8, 4) is 168 Å². The fraction of sp³-hybridized carbons (Fsp3) is 0.167. The summed E-state index contributed by atoms with van der Waals surface area (Å²) in [6.45, 7) is -13.4. The molecule has 0 fully saturated rings. The molecule has 0 atom stereocenters. The molecule has 5 nitrogen and oxygen atoms in total. The van der Waals surface area contributed by atoms with Crippen molar-refractivity contribution in [3.63, 3.8) is 0 Å². The minimum Gasteiger partial charge on any atom is -0.201 e. The molecule has 0 aliphatic rings. The Morgan fingerprint density at radius 2 is 0.448 bits per heavy atom. The number of aromatic nitrogens is 5. The van der Waals surface area contributed by atoms with Crippen molar-refractivity contribution >= 4 is 0 Å². The monoisotopic (exact) mass is 1900 g/mol. The Kier molecular flexibility index (Phi) is 20.6. The van der Waals surface area contributed by atoms with Crippen LogP contribution in [0.4, 0.5) is 0 Å². The van der Waals surface area contributed by atoms with Gasteiger partial charge in [0.05, 0.1) is 0 Å². The SMILES string of the molecule is [2H]C([2H])([2H])c1c[n+](C)c(-c2cc(-c3ccccc3)ccc2C)cc1-c1c(C([2H])([2H])[2H])cc(C)cc1C([2H])([2H])[2H].[2H]C([2H])([2H])c1cc(C)c(-c2cc(-c3c(C([2H])([2H])[2H])cccc3C([2H])([2H])[2H])cc[n+]2C)cc1-c1ccccc1.[2H]C([2H])([2H])c1cc(C)c(-c2cc(-c3ccccc3)cc[n+]2C)cc1-c1ccccc1.[2H]C([2H])([2H])c1cc(C)ccc1-c1cc[n+](C)c(-c2cc(-c3ccccc3)c(C([2H])([2H])[2H])cc2C)c1.[2H]C([2H])([2H])c1ccccc1-c1cc[n+](C)c(-c2cc(-c3ccccc3)c(C([2H])([2H])[2H])cc2C)c1. The molecule has 15 aromatic carbocycles. The summed E-state index contributed by atoms with van der Waals surface area (Å²) in [7, 11) is 9.43. The lowest BCUT2D eigenvalue weighted by Crippen LogP contribution is -2.31. The summed E-state index contributed by atoms with van der Waals surface area (Å²) in [6.07, 6.45) is 9.08. The Balaban J connectivity index is 0.000000153. The Labute approximate surface area is 897 Å². The molecule has 0 radical (unpaired) electrons. The molecule has 20 rings (SSSR count). The predicted molar refractivity (Wildman–Crippen MR) is 605 cm³/mol. The molecule has 20 aromatic rings. The van der Waals surface area contributed by atoms with Crippen LogP contribution >= 0.6 is 0 Å². The summed E-state index contributed by atoms with van der Waals surface area (Å²) in [5.74, 6) is 0. The second-order valence-electron chi connectivity index (χ2n) is 36.4. The highest BCUT2D eigenvalue weighted by Gasteiger charge is 2.26. The third kappa shape index (κ3) is 22.9. The van der Waals surface area contributed by atoms with Crippen LogP contribution in [0.2, 0.25) is 0 Å². The quantitative estimate of drug-likeness (QED) is 0.0912. The first-order valence-electron chi connectivity index (χ1n) is 63.8. The Hall–Kier alpha value is -16.0. The van der Waals surface area contributed by atoms with E-state index in [1.165, 1.54) is 36.5 Å². The number of pyridine rings is 5. The first-order chi connectivity index (χ1) is 82.2. The fourth-order valence-electron chi connectivity index (χ4n) is 18.4. The summed E-state index contributed by atoms with van der Waals surface area (Å²) >= 11 is 0. The summed E-state index contributed by atoms with van der Waals surface area (Å²) in [5, 5.41) is 0. The van der Waals surface area contributed by atoms with Gasteiger partial charge in [-0.1, -0.05) is 302 Å². The lowest BCUT2D eigenvalue weighted by molar-refractivity contribution is -0.660. The maximum absolute atomic E-state index is 8.26. The van der Waals surface area contributed by atoms with Gasteiger partial charge in [-0.25, -0.2) is 22.8 Å².